The molecule has 3 amide bonds. The average molecular weight is 324 g/mol. The zero-order chi connectivity index (χ0) is 15.9. The first-order valence-corrected chi connectivity index (χ1v) is 8.50. The topological polar surface area (TPSA) is 64.7 Å². The Bertz CT molecular complexity index is 484. The molecule has 0 radical (unpaired) electrons. The van der Waals surface area contributed by atoms with Gasteiger partial charge >= 0.3 is 6.03 Å². The molecule has 0 aromatic carbocycles. The van der Waals surface area contributed by atoms with Crippen molar-refractivity contribution in [3.05, 3.63) is 22.4 Å². The molecule has 0 aliphatic carbocycles. The predicted molar refractivity (Wildman–Crippen MR) is 88.0 cm³/mol. The standard InChI is InChI=1S/C15H24N4O2S/c1-12(14-4-3-11-22-14)17-15(21)16-5-6-18-7-9-19(10-8-18)13(2)20/h3-4,11-12H,5-10H2,1-2H3,(H2,16,17,21)/t12-/m1/s1. The van der Waals surface area contributed by atoms with Crippen LogP contribution in [-0.4, -0.2) is 61.0 Å². The van der Waals surface area contributed by atoms with Crippen LogP contribution in [0.2, 0.25) is 0 Å². The normalized spacial score (nSPS) is 17.1. The van der Waals surface area contributed by atoms with Crippen LogP contribution in [0.25, 0.3) is 0 Å². The number of carbonyl (C=O) groups excluding carboxylic acids is 2. The van der Waals surface area contributed by atoms with Crippen molar-refractivity contribution >= 4 is 23.3 Å². The Morgan fingerprint density at radius 2 is 2.05 bits per heavy atom. The second-order valence-electron chi connectivity index (χ2n) is 5.49. The minimum Gasteiger partial charge on any atom is -0.340 e. The molecule has 0 bridgehead atoms. The molecule has 1 aliphatic rings. The summed E-state index contributed by atoms with van der Waals surface area (Å²) in [5.41, 5.74) is 0. The maximum atomic E-state index is 11.8. The van der Waals surface area contributed by atoms with E-state index in [-0.39, 0.29) is 18.0 Å². The summed E-state index contributed by atoms with van der Waals surface area (Å²) in [6.45, 7) is 8.30. The van der Waals surface area contributed by atoms with Gasteiger partial charge in [-0.25, -0.2) is 4.79 Å². The van der Waals surface area contributed by atoms with E-state index in [1.165, 1.54) is 0 Å². The molecule has 0 saturated carbocycles. The monoisotopic (exact) mass is 324 g/mol. The lowest BCUT2D eigenvalue weighted by Gasteiger charge is -2.34. The van der Waals surface area contributed by atoms with Crippen molar-refractivity contribution in [2.45, 2.75) is 19.9 Å². The lowest BCUT2D eigenvalue weighted by molar-refractivity contribution is -0.130. The number of urea groups is 1. The first-order chi connectivity index (χ1) is 10.6. The molecular weight excluding hydrogens is 300 g/mol. The third kappa shape index (κ3) is 4.99. The number of thiophene rings is 1. The lowest BCUT2D eigenvalue weighted by atomic mass is 10.3. The predicted octanol–water partition coefficient (Wildman–Crippen LogP) is 1.27. The molecule has 122 valence electrons. The minimum atomic E-state index is -0.136. The SMILES string of the molecule is CC(=O)N1CCN(CCNC(=O)N[C@H](C)c2cccs2)CC1. The highest BCUT2D eigenvalue weighted by Crippen LogP contribution is 2.17. The van der Waals surface area contributed by atoms with E-state index in [2.05, 4.69) is 15.5 Å². The number of carbonyl (C=O) groups is 2. The van der Waals surface area contributed by atoms with Crippen molar-refractivity contribution in [1.29, 1.82) is 0 Å². The highest BCUT2D eigenvalue weighted by Gasteiger charge is 2.18. The average Bonchev–Trinajstić information content (AvgIpc) is 3.02. The van der Waals surface area contributed by atoms with Crippen molar-refractivity contribution in [1.82, 2.24) is 20.4 Å². The molecular formula is C15H24N4O2S. The maximum absolute atomic E-state index is 11.8. The minimum absolute atomic E-state index is 0.0270. The van der Waals surface area contributed by atoms with Crippen LogP contribution in [0.5, 0.6) is 0 Å². The number of rotatable bonds is 5. The maximum Gasteiger partial charge on any atom is 0.315 e. The molecule has 2 heterocycles. The van der Waals surface area contributed by atoms with Gasteiger partial charge < -0.3 is 15.5 Å². The van der Waals surface area contributed by atoms with Gasteiger partial charge in [-0.1, -0.05) is 6.07 Å². The van der Waals surface area contributed by atoms with Gasteiger partial charge in [-0.05, 0) is 18.4 Å². The zero-order valence-corrected chi connectivity index (χ0v) is 14.0. The molecule has 0 unspecified atom stereocenters. The van der Waals surface area contributed by atoms with E-state index in [9.17, 15) is 9.59 Å². The summed E-state index contributed by atoms with van der Waals surface area (Å²) in [5, 5.41) is 7.83. The molecule has 1 saturated heterocycles. The van der Waals surface area contributed by atoms with Gasteiger partial charge in [0.05, 0.1) is 6.04 Å². The molecule has 2 N–H and O–H groups in total. The zero-order valence-electron chi connectivity index (χ0n) is 13.2. The van der Waals surface area contributed by atoms with Gasteiger partial charge in [-0.15, -0.1) is 11.3 Å². The number of amides is 3. The summed E-state index contributed by atoms with van der Waals surface area (Å²) in [6.07, 6.45) is 0. The van der Waals surface area contributed by atoms with Crippen molar-refractivity contribution in [2.75, 3.05) is 39.3 Å². The van der Waals surface area contributed by atoms with Gasteiger partial charge in [-0.3, -0.25) is 9.69 Å². The van der Waals surface area contributed by atoms with E-state index in [1.807, 2.05) is 29.3 Å². The molecule has 1 fully saturated rings. The number of hydrogen-bond acceptors (Lipinski definition) is 4. The molecule has 7 heteroatoms. The van der Waals surface area contributed by atoms with Gasteiger partial charge in [-0.2, -0.15) is 0 Å². The summed E-state index contributed by atoms with van der Waals surface area (Å²) in [5.74, 6) is 0.139. The van der Waals surface area contributed by atoms with Gasteiger partial charge in [0.15, 0.2) is 0 Å². The summed E-state index contributed by atoms with van der Waals surface area (Å²) >= 11 is 1.64. The van der Waals surface area contributed by atoms with Gasteiger partial charge in [0.2, 0.25) is 5.91 Å². The number of hydrogen-bond donors (Lipinski definition) is 2. The quantitative estimate of drug-likeness (QED) is 0.857. The van der Waals surface area contributed by atoms with E-state index < -0.39 is 0 Å². The third-order valence-corrected chi connectivity index (χ3v) is 4.90. The molecule has 1 aliphatic heterocycles. The van der Waals surface area contributed by atoms with Crippen LogP contribution in [0.1, 0.15) is 24.8 Å². The fourth-order valence-corrected chi connectivity index (χ4v) is 3.20. The molecule has 6 nitrogen and oxygen atoms in total. The molecule has 22 heavy (non-hydrogen) atoms. The van der Waals surface area contributed by atoms with Crippen LogP contribution < -0.4 is 10.6 Å². The highest BCUT2D eigenvalue weighted by molar-refractivity contribution is 7.10. The van der Waals surface area contributed by atoms with E-state index in [4.69, 9.17) is 0 Å². The van der Waals surface area contributed by atoms with Gasteiger partial charge in [0.1, 0.15) is 0 Å². The van der Waals surface area contributed by atoms with Crippen molar-refractivity contribution in [3.63, 3.8) is 0 Å². The molecule has 1 aromatic rings. The fourth-order valence-electron chi connectivity index (χ4n) is 2.47. The van der Waals surface area contributed by atoms with Crippen molar-refractivity contribution in [3.8, 4) is 0 Å². The second-order valence-corrected chi connectivity index (χ2v) is 6.46. The number of nitrogens with zero attached hydrogens (tertiary/aromatic N) is 2. The number of piperazine rings is 1. The third-order valence-electron chi connectivity index (χ3n) is 3.85. The Morgan fingerprint density at radius 3 is 2.64 bits per heavy atom. The van der Waals surface area contributed by atoms with Crippen LogP contribution >= 0.6 is 11.3 Å². The first kappa shape index (κ1) is 16.8. The van der Waals surface area contributed by atoms with E-state index in [0.717, 1.165) is 37.6 Å². The summed E-state index contributed by atoms with van der Waals surface area (Å²) < 4.78 is 0. The molecule has 0 spiro atoms. The van der Waals surface area contributed by atoms with E-state index >= 15 is 0 Å². The molecule has 1 aromatic heterocycles. The first-order valence-electron chi connectivity index (χ1n) is 7.62. The van der Waals surface area contributed by atoms with E-state index in [0.29, 0.717) is 6.54 Å². The van der Waals surface area contributed by atoms with Crippen molar-refractivity contribution in [2.24, 2.45) is 0 Å². The fraction of sp³-hybridized carbons (Fsp3) is 0.600. The Morgan fingerprint density at radius 1 is 1.32 bits per heavy atom. The molecule has 2 rings (SSSR count). The summed E-state index contributed by atoms with van der Waals surface area (Å²) in [6, 6.07) is 3.89. The Hall–Kier alpha value is -1.60. The Kier molecular flexibility index (Phi) is 6.21. The van der Waals surface area contributed by atoms with Crippen molar-refractivity contribution < 1.29 is 9.59 Å². The molecule has 1 atom stereocenters. The van der Waals surface area contributed by atoms with Crippen LogP contribution in [0.15, 0.2) is 17.5 Å². The Balaban J connectivity index is 1.60. The summed E-state index contributed by atoms with van der Waals surface area (Å²) in [7, 11) is 0. The Labute approximate surface area is 135 Å². The largest absolute Gasteiger partial charge is 0.340 e. The lowest BCUT2D eigenvalue weighted by Crippen LogP contribution is -2.50. The van der Waals surface area contributed by atoms with Crippen LogP contribution in [0.4, 0.5) is 4.79 Å². The number of nitrogens with one attached hydrogen (secondary N) is 2. The van der Waals surface area contributed by atoms with E-state index in [1.54, 1.807) is 18.3 Å². The summed E-state index contributed by atoms with van der Waals surface area (Å²) in [4.78, 5) is 28.4. The second kappa shape index (κ2) is 8.14. The van der Waals surface area contributed by atoms with Gasteiger partial charge in [0, 0.05) is 51.1 Å². The smallest absolute Gasteiger partial charge is 0.315 e. The van der Waals surface area contributed by atoms with Crippen LogP contribution in [0, 0.1) is 0 Å². The highest BCUT2D eigenvalue weighted by atomic mass is 32.1. The van der Waals surface area contributed by atoms with Crippen LogP contribution in [0.3, 0.4) is 0 Å². The van der Waals surface area contributed by atoms with Gasteiger partial charge in [0.25, 0.3) is 0 Å². The van der Waals surface area contributed by atoms with Crippen LogP contribution in [-0.2, 0) is 4.79 Å².